The third-order valence-electron chi connectivity index (χ3n) is 1.82. The second-order valence-electron chi connectivity index (χ2n) is 3.18. The van der Waals surface area contributed by atoms with E-state index in [-0.39, 0.29) is 12.5 Å². The third kappa shape index (κ3) is 3.80. The van der Waals surface area contributed by atoms with Crippen LogP contribution in [0.1, 0.15) is 12.5 Å². The minimum atomic E-state index is -0.143. The van der Waals surface area contributed by atoms with Crippen molar-refractivity contribution in [3.8, 4) is 5.75 Å². The number of halogens is 1. The second kappa shape index (κ2) is 5.61. The number of amides is 1. The fourth-order valence-corrected chi connectivity index (χ4v) is 1.28. The molecule has 0 saturated heterocycles. The largest absolute Gasteiger partial charge is 0.482 e. The number of likely N-dealkylation sites (N-methyl/N-ethyl adjacent to an activating group) is 1. The Morgan fingerprint density at radius 2 is 2.27 bits per heavy atom. The van der Waals surface area contributed by atoms with Crippen molar-refractivity contribution in [3.63, 3.8) is 0 Å². The zero-order valence-corrected chi connectivity index (χ0v) is 9.60. The van der Waals surface area contributed by atoms with Gasteiger partial charge in [0.1, 0.15) is 5.75 Å². The number of aryl methyl sites for hydroxylation is 1. The number of carbonyl (C=O) groups is 1. The molecule has 15 heavy (non-hydrogen) atoms. The molecule has 0 spiro atoms. The molecule has 1 N–H and O–H groups in total. The highest BCUT2D eigenvalue weighted by Crippen LogP contribution is 2.24. The van der Waals surface area contributed by atoms with Gasteiger partial charge in [-0.05, 0) is 31.5 Å². The highest BCUT2D eigenvalue weighted by atomic mass is 35.5. The van der Waals surface area contributed by atoms with Crippen LogP contribution in [0.5, 0.6) is 5.75 Å². The standard InChI is InChI=1S/C11H14ClNO2/c1-3-13-11(14)7-15-10-6-8(2)4-5-9(10)12/h4-6H,3,7H2,1-2H3,(H,13,14). The molecule has 4 heteroatoms. The summed E-state index contributed by atoms with van der Waals surface area (Å²) in [5.74, 6) is 0.401. The number of hydrogen-bond donors (Lipinski definition) is 1. The van der Waals surface area contributed by atoms with Crippen LogP contribution in [0, 0.1) is 6.92 Å². The average Bonchev–Trinajstić information content (AvgIpc) is 2.20. The van der Waals surface area contributed by atoms with Crippen molar-refractivity contribution in [1.82, 2.24) is 5.32 Å². The van der Waals surface area contributed by atoms with Gasteiger partial charge in [0.15, 0.2) is 6.61 Å². The molecule has 0 aromatic heterocycles. The molecule has 0 bridgehead atoms. The first-order valence-corrected chi connectivity index (χ1v) is 5.17. The van der Waals surface area contributed by atoms with Gasteiger partial charge in [-0.3, -0.25) is 4.79 Å². The van der Waals surface area contributed by atoms with Crippen LogP contribution in [-0.2, 0) is 4.79 Å². The molecule has 1 rings (SSSR count). The average molecular weight is 228 g/mol. The van der Waals surface area contributed by atoms with Gasteiger partial charge in [-0.2, -0.15) is 0 Å². The molecule has 1 aromatic carbocycles. The molecule has 82 valence electrons. The van der Waals surface area contributed by atoms with Crippen molar-refractivity contribution < 1.29 is 9.53 Å². The van der Waals surface area contributed by atoms with Gasteiger partial charge in [0.05, 0.1) is 5.02 Å². The Morgan fingerprint density at radius 3 is 2.93 bits per heavy atom. The van der Waals surface area contributed by atoms with Crippen molar-refractivity contribution >= 4 is 17.5 Å². The minimum absolute atomic E-state index is 0.00296. The normalized spacial score (nSPS) is 9.80. The van der Waals surface area contributed by atoms with E-state index in [2.05, 4.69) is 5.32 Å². The van der Waals surface area contributed by atoms with E-state index < -0.39 is 0 Å². The van der Waals surface area contributed by atoms with Gasteiger partial charge in [-0.1, -0.05) is 17.7 Å². The molecule has 0 atom stereocenters. The topological polar surface area (TPSA) is 38.3 Å². The van der Waals surface area contributed by atoms with Gasteiger partial charge in [-0.25, -0.2) is 0 Å². The van der Waals surface area contributed by atoms with E-state index in [1.165, 1.54) is 0 Å². The van der Waals surface area contributed by atoms with Gasteiger partial charge in [0.25, 0.3) is 5.91 Å². The van der Waals surface area contributed by atoms with Crippen molar-refractivity contribution in [1.29, 1.82) is 0 Å². The summed E-state index contributed by atoms with van der Waals surface area (Å²) < 4.78 is 5.29. The molecule has 1 aromatic rings. The molecule has 0 saturated carbocycles. The van der Waals surface area contributed by atoms with Crippen LogP contribution in [0.25, 0.3) is 0 Å². The van der Waals surface area contributed by atoms with E-state index in [0.717, 1.165) is 5.56 Å². The fraction of sp³-hybridized carbons (Fsp3) is 0.364. The first-order valence-electron chi connectivity index (χ1n) is 4.79. The molecule has 0 fully saturated rings. The summed E-state index contributed by atoms with van der Waals surface area (Å²) in [7, 11) is 0. The van der Waals surface area contributed by atoms with Gasteiger partial charge in [0, 0.05) is 6.54 Å². The van der Waals surface area contributed by atoms with Gasteiger partial charge in [-0.15, -0.1) is 0 Å². The lowest BCUT2D eigenvalue weighted by atomic mass is 10.2. The molecule has 0 aliphatic heterocycles. The Balaban J connectivity index is 2.57. The van der Waals surface area contributed by atoms with Crippen LogP contribution in [-0.4, -0.2) is 19.1 Å². The summed E-state index contributed by atoms with van der Waals surface area (Å²) in [5.41, 5.74) is 1.05. The smallest absolute Gasteiger partial charge is 0.257 e. The molecule has 0 radical (unpaired) electrons. The van der Waals surface area contributed by atoms with Crippen LogP contribution in [0.3, 0.4) is 0 Å². The highest BCUT2D eigenvalue weighted by Gasteiger charge is 2.04. The number of nitrogens with one attached hydrogen (secondary N) is 1. The summed E-state index contributed by atoms with van der Waals surface area (Å²) in [5, 5.41) is 3.16. The Labute approximate surface area is 94.4 Å². The fourth-order valence-electron chi connectivity index (χ4n) is 1.11. The highest BCUT2D eigenvalue weighted by molar-refractivity contribution is 6.32. The van der Waals surface area contributed by atoms with E-state index in [1.54, 1.807) is 6.07 Å². The summed E-state index contributed by atoms with van der Waals surface area (Å²) in [6, 6.07) is 5.45. The Bertz CT molecular complexity index is 352. The maximum absolute atomic E-state index is 11.1. The summed E-state index contributed by atoms with van der Waals surface area (Å²) in [6.45, 7) is 4.40. The first kappa shape index (κ1) is 11.9. The van der Waals surface area contributed by atoms with Crippen molar-refractivity contribution in [2.75, 3.05) is 13.2 Å². The second-order valence-corrected chi connectivity index (χ2v) is 3.58. The number of hydrogen-bond acceptors (Lipinski definition) is 2. The van der Waals surface area contributed by atoms with E-state index in [1.807, 2.05) is 26.0 Å². The third-order valence-corrected chi connectivity index (χ3v) is 2.13. The predicted molar refractivity (Wildman–Crippen MR) is 60.4 cm³/mol. The zero-order valence-electron chi connectivity index (χ0n) is 8.84. The van der Waals surface area contributed by atoms with Crippen molar-refractivity contribution in [2.24, 2.45) is 0 Å². The zero-order chi connectivity index (χ0) is 11.3. The number of ether oxygens (including phenoxy) is 1. The van der Waals surface area contributed by atoms with Gasteiger partial charge in [0.2, 0.25) is 0 Å². The van der Waals surface area contributed by atoms with Crippen LogP contribution >= 0.6 is 11.6 Å². The number of carbonyl (C=O) groups excluding carboxylic acids is 1. The Kier molecular flexibility index (Phi) is 4.43. The Morgan fingerprint density at radius 1 is 1.53 bits per heavy atom. The molecule has 3 nitrogen and oxygen atoms in total. The minimum Gasteiger partial charge on any atom is -0.482 e. The van der Waals surface area contributed by atoms with Crippen LogP contribution < -0.4 is 10.1 Å². The maximum Gasteiger partial charge on any atom is 0.257 e. The van der Waals surface area contributed by atoms with E-state index in [9.17, 15) is 4.79 Å². The van der Waals surface area contributed by atoms with Crippen molar-refractivity contribution in [2.45, 2.75) is 13.8 Å². The molecular weight excluding hydrogens is 214 g/mol. The van der Waals surface area contributed by atoms with Crippen LogP contribution in [0.15, 0.2) is 18.2 Å². The van der Waals surface area contributed by atoms with Crippen LogP contribution in [0.4, 0.5) is 0 Å². The molecule has 0 heterocycles. The monoisotopic (exact) mass is 227 g/mol. The van der Waals surface area contributed by atoms with E-state index in [0.29, 0.717) is 17.3 Å². The van der Waals surface area contributed by atoms with Crippen molar-refractivity contribution in [3.05, 3.63) is 28.8 Å². The molecule has 0 aliphatic carbocycles. The quantitative estimate of drug-likeness (QED) is 0.856. The molecule has 0 aliphatic rings. The molecular formula is C11H14ClNO2. The SMILES string of the molecule is CCNC(=O)COc1cc(C)ccc1Cl. The maximum atomic E-state index is 11.1. The molecule has 1 amide bonds. The summed E-state index contributed by atoms with van der Waals surface area (Å²) in [6.07, 6.45) is 0. The van der Waals surface area contributed by atoms with Gasteiger partial charge < -0.3 is 10.1 Å². The first-order chi connectivity index (χ1) is 7.13. The predicted octanol–water partition coefficient (Wildman–Crippen LogP) is 2.16. The van der Waals surface area contributed by atoms with E-state index in [4.69, 9.17) is 16.3 Å². The number of benzene rings is 1. The number of rotatable bonds is 4. The lowest BCUT2D eigenvalue weighted by Gasteiger charge is -2.08. The van der Waals surface area contributed by atoms with Crippen LogP contribution in [0.2, 0.25) is 5.02 Å². The van der Waals surface area contributed by atoms with Gasteiger partial charge >= 0.3 is 0 Å². The van der Waals surface area contributed by atoms with E-state index >= 15 is 0 Å². The Hall–Kier alpha value is -1.22. The summed E-state index contributed by atoms with van der Waals surface area (Å²) in [4.78, 5) is 11.1. The molecule has 0 unspecified atom stereocenters. The lowest BCUT2D eigenvalue weighted by Crippen LogP contribution is -2.28. The lowest BCUT2D eigenvalue weighted by molar-refractivity contribution is -0.122. The summed E-state index contributed by atoms with van der Waals surface area (Å²) >= 11 is 5.90.